The van der Waals surface area contributed by atoms with Gasteiger partial charge in [0.1, 0.15) is 5.69 Å². The highest BCUT2D eigenvalue weighted by atomic mass is 16.2. The fraction of sp³-hybridized carbons (Fsp3) is 0.316. The summed E-state index contributed by atoms with van der Waals surface area (Å²) in [6.07, 6.45) is 8.06. The van der Waals surface area contributed by atoms with E-state index in [1.807, 2.05) is 32.3 Å². The van der Waals surface area contributed by atoms with Gasteiger partial charge in [0.25, 0.3) is 5.91 Å². The zero-order valence-electron chi connectivity index (χ0n) is 14.8. The van der Waals surface area contributed by atoms with Crippen molar-refractivity contribution in [3.63, 3.8) is 0 Å². The van der Waals surface area contributed by atoms with Gasteiger partial charge < -0.3 is 5.32 Å². The molecule has 7 heteroatoms. The first kappa shape index (κ1) is 16.4. The van der Waals surface area contributed by atoms with Gasteiger partial charge in [0, 0.05) is 48.2 Å². The molecule has 3 heterocycles. The number of nitrogens with zero attached hydrogens (tertiary/aromatic N) is 5. The molecule has 0 radical (unpaired) electrons. The lowest BCUT2D eigenvalue weighted by molar-refractivity contribution is 0.0926. The van der Waals surface area contributed by atoms with Crippen LogP contribution in [0.2, 0.25) is 0 Å². The van der Waals surface area contributed by atoms with Crippen LogP contribution in [0.3, 0.4) is 0 Å². The van der Waals surface area contributed by atoms with Crippen molar-refractivity contribution in [1.82, 2.24) is 30.0 Å². The summed E-state index contributed by atoms with van der Waals surface area (Å²) in [6, 6.07) is 5.52. The maximum atomic E-state index is 12.5. The van der Waals surface area contributed by atoms with Gasteiger partial charge in [-0.05, 0) is 44.4 Å². The average Bonchev–Trinajstić information content (AvgIpc) is 3.01. The molecule has 0 unspecified atom stereocenters. The Balaban J connectivity index is 1.58. The molecule has 1 atom stereocenters. The molecule has 1 aliphatic rings. The smallest absolute Gasteiger partial charge is 0.272 e. The van der Waals surface area contributed by atoms with Crippen molar-refractivity contribution in [2.24, 2.45) is 7.05 Å². The summed E-state index contributed by atoms with van der Waals surface area (Å²) in [5.74, 6) is 0.507. The molecule has 0 spiro atoms. The second kappa shape index (κ2) is 6.67. The molecule has 1 aliphatic carbocycles. The highest BCUT2D eigenvalue weighted by Gasteiger charge is 2.25. The van der Waals surface area contributed by atoms with Crippen LogP contribution < -0.4 is 5.32 Å². The topological polar surface area (TPSA) is 85.6 Å². The molecular formula is C19H20N6O. The number of hydrogen-bond acceptors (Lipinski definition) is 5. The fourth-order valence-electron chi connectivity index (χ4n) is 3.23. The first-order valence-electron chi connectivity index (χ1n) is 8.69. The minimum Gasteiger partial charge on any atom is -0.344 e. The number of hydrogen-bond donors (Lipinski definition) is 1. The van der Waals surface area contributed by atoms with Crippen molar-refractivity contribution in [1.29, 1.82) is 0 Å². The molecule has 3 aromatic rings. The molecule has 0 fully saturated rings. The molecule has 132 valence electrons. The van der Waals surface area contributed by atoms with Crippen LogP contribution in [0.4, 0.5) is 0 Å². The molecule has 0 saturated carbocycles. The molecule has 0 aromatic carbocycles. The van der Waals surface area contributed by atoms with Crippen LogP contribution in [0.1, 0.15) is 46.3 Å². The van der Waals surface area contributed by atoms with Gasteiger partial charge >= 0.3 is 0 Å². The number of fused-ring (bicyclic) bond motifs is 1. The van der Waals surface area contributed by atoms with Crippen LogP contribution in [-0.4, -0.2) is 30.6 Å². The van der Waals surface area contributed by atoms with Crippen LogP contribution in [-0.2, 0) is 13.5 Å². The summed E-state index contributed by atoms with van der Waals surface area (Å²) in [5.41, 5.74) is 4.26. The van der Waals surface area contributed by atoms with E-state index in [9.17, 15) is 4.79 Å². The van der Waals surface area contributed by atoms with E-state index in [1.165, 1.54) is 0 Å². The molecule has 0 saturated heterocycles. The van der Waals surface area contributed by atoms with Gasteiger partial charge in [-0.25, -0.2) is 9.97 Å². The predicted molar refractivity (Wildman–Crippen MR) is 96.4 cm³/mol. The van der Waals surface area contributed by atoms with Crippen LogP contribution in [0, 0.1) is 6.92 Å². The van der Waals surface area contributed by atoms with E-state index in [1.54, 1.807) is 23.1 Å². The summed E-state index contributed by atoms with van der Waals surface area (Å²) in [4.78, 5) is 25.9. The minimum absolute atomic E-state index is 0.0866. The van der Waals surface area contributed by atoms with E-state index < -0.39 is 0 Å². The molecule has 0 bridgehead atoms. The molecule has 7 nitrogen and oxygen atoms in total. The first-order valence-corrected chi connectivity index (χ1v) is 8.69. The van der Waals surface area contributed by atoms with Gasteiger partial charge in [-0.2, -0.15) is 5.10 Å². The Bertz CT molecular complexity index is 930. The Morgan fingerprint density at radius 1 is 1.35 bits per heavy atom. The molecule has 1 amide bonds. The van der Waals surface area contributed by atoms with Crippen LogP contribution in [0.5, 0.6) is 0 Å². The monoisotopic (exact) mass is 348 g/mol. The van der Waals surface area contributed by atoms with E-state index in [0.29, 0.717) is 11.5 Å². The van der Waals surface area contributed by atoms with Gasteiger partial charge in [0.15, 0.2) is 5.82 Å². The Labute approximate surface area is 151 Å². The van der Waals surface area contributed by atoms with Gasteiger partial charge in [-0.3, -0.25) is 14.5 Å². The second-order valence-electron chi connectivity index (χ2n) is 6.55. The number of rotatable bonds is 3. The number of carbonyl (C=O) groups is 1. The molecule has 4 rings (SSSR count). The van der Waals surface area contributed by atoms with E-state index in [4.69, 9.17) is 4.98 Å². The second-order valence-corrected chi connectivity index (χ2v) is 6.55. The molecule has 26 heavy (non-hydrogen) atoms. The highest BCUT2D eigenvalue weighted by molar-refractivity contribution is 5.92. The van der Waals surface area contributed by atoms with Crippen molar-refractivity contribution in [2.45, 2.75) is 32.2 Å². The largest absolute Gasteiger partial charge is 0.344 e. The number of aryl methyl sites for hydroxylation is 3. The summed E-state index contributed by atoms with van der Waals surface area (Å²) >= 11 is 0. The van der Waals surface area contributed by atoms with Crippen LogP contribution in [0.15, 0.2) is 36.8 Å². The first-order chi connectivity index (χ1) is 12.6. The quantitative estimate of drug-likeness (QED) is 0.785. The van der Waals surface area contributed by atoms with Crippen molar-refractivity contribution < 1.29 is 4.79 Å². The summed E-state index contributed by atoms with van der Waals surface area (Å²) in [7, 11) is 1.83. The van der Waals surface area contributed by atoms with Gasteiger partial charge in [-0.15, -0.1) is 0 Å². The fourth-order valence-corrected chi connectivity index (χ4v) is 3.23. The third-order valence-corrected chi connectivity index (χ3v) is 4.75. The number of nitrogens with one attached hydrogen (secondary N) is 1. The van der Waals surface area contributed by atoms with Crippen molar-refractivity contribution in [3.05, 3.63) is 59.4 Å². The zero-order chi connectivity index (χ0) is 18.1. The van der Waals surface area contributed by atoms with Crippen molar-refractivity contribution in [2.75, 3.05) is 0 Å². The third kappa shape index (κ3) is 3.08. The number of amides is 1. The number of aromatic nitrogens is 5. The van der Waals surface area contributed by atoms with Gasteiger partial charge in [0.2, 0.25) is 0 Å². The summed E-state index contributed by atoms with van der Waals surface area (Å²) < 4.78 is 1.70. The molecule has 0 aliphatic heterocycles. The third-order valence-electron chi connectivity index (χ3n) is 4.75. The molecular weight excluding hydrogens is 328 g/mol. The van der Waals surface area contributed by atoms with Gasteiger partial charge in [-0.1, -0.05) is 0 Å². The minimum atomic E-state index is -0.164. The Morgan fingerprint density at radius 2 is 2.23 bits per heavy atom. The molecule has 1 N–H and O–H groups in total. The SMILES string of the molecule is Cc1cc(C(=O)N[C@H]2CCCc3nc(-c4cccnc4)ncc32)nn1C. The van der Waals surface area contributed by atoms with Crippen LogP contribution >= 0.6 is 0 Å². The lowest BCUT2D eigenvalue weighted by atomic mass is 9.92. The molecule has 3 aromatic heterocycles. The van der Waals surface area contributed by atoms with E-state index in [2.05, 4.69) is 20.4 Å². The normalized spacial score (nSPS) is 16.2. The Hall–Kier alpha value is -3.09. The van der Waals surface area contributed by atoms with Crippen LogP contribution in [0.25, 0.3) is 11.4 Å². The Kier molecular flexibility index (Phi) is 4.20. The predicted octanol–water partition coefficient (Wildman–Crippen LogP) is 2.39. The standard InChI is InChI=1S/C19H20N6O/c1-12-9-17(24-25(12)2)19(26)23-16-7-3-6-15-14(16)11-21-18(22-15)13-5-4-8-20-10-13/h4-5,8-11,16H,3,6-7H2,1-2H3,(H,23,26)/t16-/m0/s1. The lowest BCUT2D eigenvalue weighted by Crippen LogP contribution is -2.32. The maximum Gasteiger partial charge on any atom is 0.272 e. The summed E-state index contributed by atoms with van der Waals surface area (Å²) in [5, 5.41) is 7.34. The summed E-state index contributed by atoms with van der Waals surface area (Å²) in [6.45, 7) is 1.92. The average molecular weight is 348 g/mol. The van der Waals surface area contributed by atoms with Gasteiger partial charge in [0.05, 0.1) is 6.04 Å². The van der Waals surface area contributed by atoms with E-state index in [0.717, 1.165) is 41.8 Å². The number of pyridine rings is 1. The van der Waals surface area contributed by atoms with Crippen molar-refractivity contribution >= 4 is 5.91 Å². The van der Waals surface area contributed by atoms with Crippen molar-refractivity contribution in [3.8, 4) is 11.4 Å². The Morgan fingerprint density at radius 3 is 2.96 bits per heavy atom. The lowest BCUT2D eigenvalue weighted by Gasteiger charge is -2.25. The number of carbonyl (C=O) groups excluding carboxylic acids is 1. The van der Waals surface area contributed by atoms with E-state index in [-0.39, 0.29) is 11.9 Å². The van der Waals surface area contributed by atoms with E-state index >= 15 is 0 Å². The highest BCUT2D eigenvalue weighted by Crippen LogP contribution is 2.29. The zero-order valence-corrected chi connectivity index (χ0v) is 14.8. The maximum absolute atomic E-state index is 12.5.